The molecule has 0 aliphatic carbocycles. The lowest BCUT2D eigenvalue weighted by molar-refractivity contribution is 0.669. The number of hydrogen-bond acceptors (Lipinski definition) is 6. The first-order valence-electron chi connectivity index (χ1n) is 17.9. The van der Waals surface area contributed by atoms with Crippen molar-refractivity contribution < 1.29 is 4.42 Å². The molecule has 8 aromatic carbocycles. The van der Waals surface area contributed by atoms with E-state index in [0.29, 0.717) is 17.5 Å². The SMILES string of the molecule is c1ccc(-c2nc(-c3ccc(-c4cc5ccccc5c5ccccc45)cc3)nc(-c3ccc4oc5cc6nc(-c7ccccc7)sc6cc5c4c3)n2)cc1. The Balaban J connectivity index is 1.02. The minimum absolute atomic E-state index is 0.602. The Kier molecular flexibility index (Phi) is 6.97. The van der Waals surface area contributed by atoms with Crippen LogP contribution in [0.25, 0.3) is 110 Å². The summed E-state index contributed by atoms with van der Waals surface area (Å²) in [6.07, 6.45) is 0. The van der Waals surface area contributed by atoms with Crippen LogP contribution in [0.2, 0.25) is 0 Å². The number of thiazole rings is 1. The molecule has 0 bridgehead atoms. The normalized spacial score (nSPS) is 11.7. The molecular formula is C48H28N4OS. The highest BCUT2D eigenvalue weighted by molar-refractivity contribution is 7.21. The molecule has 11 rings (SSSR count). The van der Waals surface area contributed by atoms with Gasteiger partial charge in [0.25, 0.3) is 0 Å². The first kappa shape index (κ1) is 30.6. The van der Waals surface area contributed by atoms with E-state index in [2.05, 4.69) is 103 Å². The quantitative estimate of drug-likeness (QED) is 0.167. The topological polar surface area (TPSA) is 64.7 Å². The zero-order chi connectivity index (χ0) is 35.6. The maximum atomic E-state index is 6.36. The van der Waals surface area contributed by atoms with Crippen LogP contribution in [0.15, 0.2) is 174 Å². The fraction of sp³-hybridized carbons (Fsp3) is 0. The molecule has 0 unspecified atom stereocenters. The maximum Gasteiger partial charge on any atom is 0.164 e. The molecule has 0 saturated carbocycles. The second-order valence-electron chi connectivity index (χ2n) is 13.5. The van der Waals surface area contributed by atoms with Gasteiger partial charge in [-0.3, -0.25) is 0 Å². The number of rotatable bonds is 5. The van der Waals surface area contributed by atoms with Crippen LogP contribution in [0.5, 0.6) is 0 Å². The largest absolute Gasteiger partial charge is 0.456 e. The van der Waals surface area contributed by atoms with Gasteiger partial charge in [0.15, 0.2) is 17.5 Å². The standard InChI is InChI=1S/C48H28N4OS/c1-3-11-30(12-4-1)45-50-46(31-21-19-29(20-22-31)38-25-33-15-7-8-16-35(33)36-17-9-10-18-37(36)38)52-47(51-45)34-23-24-42-39(26-34)40-27-44-41(28-43(40)53-42)49-48(54-44)32-13-5-2-6-14-32/h1-28H. The molecule has 0 fully saturated rings. The fourth-order valence-electron chi connectivity index (χ4n) is 7.48. The van der Waals surface area contributed by atoms with E-state index in [1.165, 1.54) is 27.1 Å². The van der Waals surface area contributed by atoms with Crippen LogP contribution in [0.1, 0.15) is 0 Å². The average molecular weight is 709 g/mol. The smallest absolute Gasteiger partial charge is 0.164 e. The van der Waals surface area contributed by atoms with Gasteiger partial charge in [0.1, 0.15) is 16.2 Å². The Bertz CT molecular complexity index is 3210. The van der Waals surface area contributed by atoms with E-state index in [4.69, 9.17) is 24.4 Å². The van der Waals surface area contributed by atoms with Crippen LogP contribution in [0, 0.1) is 0 Å². The third-order valence-electron chi connectivity index (χ3n) is 10.1. The van der Waals surface area contributed by atoms with Gasteiger partial charge in [0, 0.05) is 39.1 Å². The van der Waals surface area contributed by atoms with Crippen molar-refractivity contribution in [3.05, 3.63) is 170 Å². The van der Waals surface area contributed by atoms with Gasteiger partial charge in [-0.1, -0.05) is 133 Å². The Morgan fingerprint density at radius 3 is 1.70 bits per heavy atom. The number of furan rings is 1. The van der Waals surface area contributed by atoms with Gasteiger partial charge in [-0.15, -0.1) is 11.3 Å². The molecule has 0 radical (unpaired) electrons. The van der Waals surface area contributed by atoms with E-state index in [0.717, 1.165) is 65.0 Å². The van der Waals surface area contributed by atoms with Crippen LogP contribution in [-0.4, -0.2) is 19.9 Å². The second kappa shape index (κ2) is 12.3. The molecule has 0 N–H and O–H groups in total. The number of benzene rings is 8. The van der Waals surface area contributed by atoms with Gasteiger partial charge in [0.05, 0.1) is 10.2 Å². The van der Waals surface area contributed by atoms with Crippen molar-refractivity contribution in [3.8, 4) is 55.9 Å². The zero-order valence-electron chi connectivity index (χ0n) is 28.8. The molecule has 0 amide bonds. The van der Waals surface area contributed by atoms with Crippen LogP contribution in [-0.2, 0) is 0 Å². The summed E-state index contributed by atoms with van der Waals surface area (Å²) < 4.78 is 7.48. The highest BCUT2D eigenvalue weighted by Crippen LogP contribution is 2.39. The van der Waals surface area contributed by atoms with Crippen LogP contribution < -0.4 is 0 Å². The highest BCUT2D eigenvalue weighted by Gasteiger charge is 2.17. The zero-order valence-corrected chi connectivity index (χ0v) is 29.6. The summed E-state index contributed by atoms with van der Waals surface area (Å²) in [5, 5.41) is 8.00. The van der Waals surface area contributed by atoms with Gasteiger partial charge in [-0.05, 0) is 63.0 Å². The lowest BCUT2D eigenvalue weighted by Gasteiger charge is -2.12. The highest BCUT2D eigenvalue weighted by atomic mass is 32.1. The van der Waals surface area contributed by atoms with Crippen molar-refractivity contribution in [1.29, 1.82) is 0 Å². The van der Waals surface area contributed by atoms with Crippen molar-refractivity contribution in [2.24, 2.45) is 0 Å². The average Bonchev–Trinajstić information content (AvgIpc) is 3.83. The van der Waals surface area contributed by atoms with E-state index in [-0.39, 0.29) is 0 Å². The molecule has 6 heteroatoms. The molecule has 0 spiro atoms. The third kappa shape index (κ3) is 5.15. The van der Waals surface area contributed by atoms with Crippen molar-refractivity contribution >= 4 is 65.0 Å². The Morgan fingerprint density at radius 1 is 0.370 bits per heavy atom. The lowest BCUT2D eigenvalue weighted by atomic mass is 9.93. The third-order valence-corrected chi connectivity index (χ3v) is 11.2. The lowest BCUT2D eigenvalue weighted by Crippen LogP contribution is -2.00. The Hall–Kier alpha value is -7.02. The van der Waals surface area contributed by atoms with Gasteiger partial charge < -0.3 is 4.42 Å². The van der Waals surface area contributed by atoms with E-state index in [9.17, 15) is 0 Å². The summed E-state index contributed by atoms with van der Waals surface area (Å²) in [5.41, 5.74) is 8.73. The monoisotopic (exact) mass is 708 g/mol. The summed E-state index contributed by atoms with van der Waals surface area (Å²) in [4.78, 5) is 20.0. The number of fused-ring (bicyclic) bond motifs is 7. The van der Waals surface area contributed by atoms with Crippen LogP contribution >= 0.6 is 11.3 Å². The molecule has 0 aliphatic rings. The van der Waals surface area contributed by atoms with Gasteiger partial charge in [-0.25, -0.2) is 19.9 Å². The van der Waals surface area contributed by atoms with Crippen molar-refractivity contribution in [2.45, 2.75) is 0 Å². The van der Waals surface area contributed by atoms with Gasteiger partial charge in [0.2, 0.25) is 0 Å². The molecule has 11 aromatic rings. The van der Waals surface area contributed by atoms with Gasteiger partial charge >= 0.3 is 0 Å². The molecular weight excluding hydrogens is 681 g/mol. The van der Waals surface area contributed by atoms with Crippen molar-refractivity contribution in [3.63, 3.8) is 0 Å². The van der Waals surface area contributed by atoms with Crippen LogP contribution in [0.3, 0.4) is 0 Å². The maximum absolute atomic E-state index is 6.36. The summed E-state index contributed by atoms with van der Waals surface area (Å²) in [5.74, 6) is 1.84. The van der Waals surface area contributed by atoms with Crippen LogP contribution in [0.4, 0.5) is 0 Å². The molecule has 5 nitrogen and oxygen atoms in total. The summed E-state index contributed by atoms with van der Waals surface area (Å²) in [6.45, 7) is 0. The molecule has 54 heavy (non-hydrogen) atoms. The first-order valence-corrected chi connectivity index (χ1v) is 18.7. The van der Waals surface area contributed by atoms with Crippen molar-refractivity contribution in [2.75, 3.05) is 0 Å². The number of hydrogen-bond donors (Lipinski definition) is 0. The molecule has 3 aromatic heterocycles. The fourth-order valence-corrected chi connectivity index (χ4v) is 8.48. The predicted octanol–water partition coefficient (Wildman–Crippen LogP) is 13.0. The predicted molar refractivity (Wildman–Crippen MR) is 222 cm³/mol. The number of nitrogens with zero attached hydrogens (tertiary/aromatic N) is 4. The van der Waals surface area contributed by atoms with E-state index < -0.39 is 0 Å². The second-order valence-corrected chi connectivity index (χ2v) is 14.5. The summed E-state index contributed by atoms with van der Waals surface area (Å²) in [7, 11) is 0. The van der Waals surface area contributed by atoms with E-state index in [1.807, 2.05) is 66.7 Å². The van der Waals surface area contributed by atoms with E-state index >= 15 is 0 Å². The molecule has 3 heterocycles. The molecule has 0 aliphatic heterocycles. The number of aromatic nitrogens is 4. The summed E-state index contributed by atoms with van der Waals surface area (Å²) >= 11 is 1.69. The minimum Gasteiger partial charge on any atom is -0.456 e. The molecule has 0 atom stereocenters. The minimum atomic E-state index is 0.602. The molecule has 252 valence electrons. The van der Waals surface area contributed by atoms with E-state index in [1.54, 1.807) is 11.3 Å². The Labute approximate surface area is 313 Å². The summed E-state index contributed by atoms with van der Waals surface area (Å²) in [6, 6.07) is 58.9. The Morgan fingerprint density at radius 2 is 0.944 bits per heavy atom. The molecule has 0 saturated heterocycles. The first-order chi connectivity index (χ1) is 26.7. The van der Waals surface area contributed by atoms with Crippen molar-refractivity contribution in [1.82, 2.24) is 19.9 Å². The van der Waals surface area contributed by atoms with Gasteiger partial charge in [-0.2, -0.15) is 0 Å².